The van der Waals surface area contributed by atoms with Crippen LogP contribution in [-0.2, 0) is 12.8 Å². The number of thiazole rings is 1. The van der Waals surface area contributed by atoms with Crippen LogP contribution >= 0.6 is 35.3 Å². The van der Waals surface area contributed by atoms with Gasteiger partial charge in [0.1, 0.15) is 0 Å². The lowest BCUT2D eigenvalue weighted by molar-refractivity contribution is 0.0827. The van der Waals surface area contributed by atoms with Gasteiger partial charge in [0.25, 0.3) is 5.91 Å². The first-order valence-electron chi connectivity index (χ1n) is 10.2. The average molecular weight is 544 g/mol. The standard InChI is InChI=1S/C22H33N5OS.HI/c1-5-23-22(24-13-7-6-11-20-26-17(2)16-29-20)25-14-12-18-9-8-10-19(15-18)21(28)27(3)4;/h8-10,15-16H,5-7,11-14H2,1-4H3,(H2,23,24,25);1H. The van der Waals surface area contributed by atoms with Crippen LogP contribution in [-0.4, -0.2) is 55.5 Å². The van der Waals surface area contributed by atoms with Crippen LogP contribution in [0.1, 0.15) is 46.4 Å². The van der Waals surface area contributed by atoms with E-state index in [1.54, 1.807) is 30.3 Å². The average Bonchev–Trinajstić information content (AvgIpc) is 3.12. The van der Waals surface area contributed by atoms with Crippen LogP contribution in [0.2, 0.25) is 0 Å². The molecule has 0 radical (unpaired) electrons. The Morgan fingerprint density at radius 1 is 1.20 bits per heavy atom. The Hall–Kier alpha value is -1.68. The van der Waals surface area contributed by atoms with Gasteiger partial charge in [0, 0.05) is 50.4 Å². The second-order valence-corrected chi connectivity index (χ2v) is 8.12. The molecular weight excluding hydrogens is 509 g/mol. The normalized spacial score (nSPS) is 11.0. The fraction of sp³-hybridized carbons (Fsp3) is 0.500. The molecule has 0 spiro atoms. The van der Waals surface area contributed by atoms with Gasteiger partial charge in [-0.3, -0.25) is 9.79 Å². The Morgan fingerprint density at radius 3 is 2.67 bits per heavy atom. The second kappa shape index (κ2) is 14.3. The fourth-order valence-corrected chi connectivity index (χ4v) is 3.70. The molecule has 30 heavy (non-hydrogen) atoms. The summed E-state index contributed by atoms with van der Waals surface area (Å²) in [5.74, 6) is 0.876. The van der Waals surface area contributed by atoms with Gasteiger partial charge in [-0.1, -0.05) is 12.1 Å². The number of aliphatic imine (C=N–C) groups is 1. The molecule has 0 saturated heterocycles. The number of hydrogen-bond acceptors (Lipinski definition) is 4. The molecular formula is C22H34IN5OS. The number of aromatic nitrogens is 1. The number of guanidine groups is 1. The van der Waals surface area contributed by atoms with Gasteiger partial charge in [0.2, 0.25) is 0 Å². The number of carbonyl (C=O) groups is 1. The Bertz CT molecular complexity index is 806. The van der Waals surface area contributed by atoms with Crippen molar-refractivity contribution in [2.75, 3.05) is 33.7 Å². The van der Waals surface area contributed by atoms with E-state index in [2.05, 4.69) is 39.0 Å². The molecule has 0 unspecified atom stereocenters. The van der Waals surface area contributed by atoms with E-state index in [1.165, 1.54) is 5.01 Å². The molecule has 1 amide bonds. The van der Waals surface area contributed by atoms with Crippen LogP contribution in [0.15, 0.2) is 34.6 Å². The summed E-state index contributed by atoms with van der Waals surface area (Å²) < 4.78 is 0. The topological polar surface area (TPSA) is 69.6 Å². The summed E-state index contributed by atoms with van der Waals surface area (Å²) in [5.41, 5.74) is 2.97. The van der Waals surface area contributed by atoms with Gasteiger partial charge in [-0.15, -0.1) is 35.3 Å². The third-order valence-corrected chi connectivity index (χ3v) is 5.39. The molecule has 0 fully saturated rings. The maximum absolute atomic E-state index is 12.1. The minimum atomic E-state index is 0. The number of nitrogens with one attached hydrogen (secondary N) is 2. The Balaban J connectivity index is 0.00000450. The number of halogens is 1. The summed E-state index contributed by atoms with van der Waals surface area (Å²) in [6, 6.07) is 7.82. The van der Waals surface area contributed by atoms with Gasteiger partial charge in [-0.2, -0.15) is 0 Å². The van der Waals surface area contributed by atoms with Gasteiger partial charge in [0.05, 0.1) is 5.01 Å². The third kappa shape index (κ3) is 9.42. The first kappa shape index (κ1) is 26.4. The molecule has 0 aliphatic rings. The van der Waals surface area contributed by atoms with Crippen molar-refractivity contribution in [1.29, 1.82) is 0 Å². The van der Waals surface area contributed by atoms with Crippen molar-refractivity contribution in [3.05, 3.63) is 51.5 Å². The number of nitrogens with zero attached hydrogens (tertiary/aromatic N) is 3. The van der Waals surface area contributed by atoms with Crippen LogP contribution in [0.25, 0.3) is 0 Å². The van der Waals surface area contributed by atoms with E-state index in [9.17, 15) is 4.79 Å². The number of hydrogen-bond donors (Lipinski definition) is 2. The van der Waals surface area contributed by atoms with E-state index in [-0.39, 0.29) is 29.9 Å². The van der Waals surface area contributed by atoms with Crippen molar-refractivity contribution in [3.8, 4) is 0 Å². The van der Waals surface area contributed by atoms with Crippen molar-refractivity contribution in [3.63, 3.8) is 0 Å². The Morgan fingerprint density at radius 2 is 2.00 bits per heavy atom. The van der Waals surface area contributed by atoms with E-state index < -0.39 is 0 Å². The predicted molar refractivity (Wildman–Crippen MR) is 137 cm³/mol. The monoisotopic (exact) mass is 543 g/mol. The smallest absolute Gasteiger partial charge is 0.253 e. The minimum absolute atomic E-state index is 0. The van der Waals surface area contributed by atoms with Crippen molar-refractivity contribution < 1.29 is 4.79 Å². The molecule has 2 N–H and O–H groups in total. The summed E-state index contributed by atoms with van der Waals surface area (Å²) in [5, 5.41) is 10.00. The maximum Gasteiger partial charge on any atom is 0.253 e. The minimum Gasteiger partial charge on any atom is -0.357 e. The molecule has 2 rings (SSSR count). The third-order valence-electron chi connectivity index (χ3n) is 4.37. The molecule has 0 bridgehead atoms. The van der Waals surface area contributed by atoms with Crippen LogP contribution in [0.3, 0.4) is 0 Å². The number of rotatable bonds is 10. The molecule has 6 nitrogen and oxygen atoms in total. The zero-order valence-electron chi connectivity index (χ0n) is 18.4. The van der Waals surface area contributed by atoms with Gasteiger partial charge in [-0.25, -0.2) is 4.98 Å². The number of aryl methyl sites for hydroxylation is 2. The number of amides is 1. The second-order valence-electron chi connectivity index (χ2n) is 7.18. The fourth-order valence-electron chi connectivity index (χ4n) is 2.88. The quantitative estimate of drug-likeness (QED) is 0.207. The summed E-state index contributed by atoms with van der Waals surface area (Å²) >= 11 is 1.74. The molecule has 0 atom stereocenters. The molecule has 1 heterocycles. The van der Waals surface area contributed by atoms with Crippen molar-refractivity contribution in [2.24, 2.45) is 4.99 Å². The van der Waals surface area contributed by atoms with Crippen molar-refractivity contribution in [1.82, 2.24) is 20.5 Å². The van der Waals surface area contributed by atoms with E-state index in [0.29, 0.717) is 0 Å². The molecule has 8 heteroatoms. The number of carbonyl (C=O) groups excluding carboxylic acids is 1. The number of unbranched alkanes of at least 4 members (excludes halogenated alkanes) is 1. The predicted octanol–water partition coefficient (Wildman–Crippen LogP) is 3.89. The van der Waals surface area contributed by atoms with Gasteiger partial charge in [0.15, 0.2) is 5.96 Å². The molecule has 1 aromatic carbocycles. The van der Waals surface area contributed by atoms with E-state index in [4.69, 9.17) is 0 Å². The lowest BCUT2D eigenvalue weighted by atomic mass is 10.1. The molecule has 1 aromatic heterocycles. The Labute approximate surface area is 201 Å². The largest absolute Gasteiger partial charge is 0.357 e. The SMILES string of the molecule is CCNC(=NCCCCc1nc(C)cs1)NCCc1cccc(C(=O)N(C)C)c1.I. The molecule has 2 aromatic rings. The summed E-state index contributed by atoms with van der Waals surface area (Å²) in [4.78, 5) is 22.9. The lowest BCUT2D eigenvalue weighted by Crippen LogP contribution is -2.38. The van der Waals surface area contributed by atoms with E-state index in [0.717, 1.165) is 68.1 Å². The van der Waals surface area contributed by atoms with Crippen LogP contribution in [0, 0.1) is 6.92 Å². The Kier molecular flexibility index (Phi) is 12.6. The lowest BCUT2D eigenvalue weighted by Gasteiger charge is -2.13. The highest BCUT2D eigenvalue weighted by Gasteiger charge is 2.08. The first-order chi connectivity index (χ1) is 14.0. The zero-order valence-corrected chi connectivity index (χ0v) is 21.5. The zero-order chi connectivity index (χ0) is 21.1. The molecule has 0 aliphatic carbocycles. The van der Waals surface area contributed by atoms with Crippen LogP contribution in [0.5, 0.6) is 0 Å². The van der Waals surface area contributed by atoms with Gasteiger partial charge >= 0.3 is 0 Å². The van der Waals surface area contributed by atoms with Crippen LogP contribution < -0.4 is 10.6 Å². The van der Waals surface area contributed by atoms with Crippen molar-refractivity contribution in [2.45, 2.75) is 39.5 Å². The maximum atomic E-state index is 12.1. The van der Waals surface area contributed by atoms with Crippen molar-refractivity contribution >= 4 is 47.2 Å². The highest BCUT2D eigenvalue weighted by Crippen LogP contribution is 2.11. The first-order valence-corrected chi connectivity index (χ1v) is 11.1. The van der Waals surface area contributed by atoms with E-state index >= 15 is 0 Å². The summed E-state index contributed by atoms with van der Waals surface area (Å²) in [6.45, 7) is 6.50. The number of benzene rings is 1. The molecule has 0 saturated carbocycles. The molecule has 0 aliphatic heterocycles. The highest BCUT2D eigenvalue weighted by molar-refractivity contribution is 14.0. The summed E-state index contributed by atoms with van der Waals surface area (Å²) in [6.07, 6.45) is 4.01. The van der Waals surface area contributed by atoms with E-state index in [1.807, 2.05) is 25.1 Å². The van der Waals surface area contributed by atoms with Gasteiger partial charge in [-0.05, 0) is 57.2 Å². The van der Waals surface area contributed by atoms with Gasteiger partial charge < -0.3 is 15.5 Å². The highest BCUT2D eigenvalue weighted by atomic mass is 127. The van der Waals surface area contributed by atoms with Crippen LogP contribution in [0.4, 0.5) is 0 Å². The molecule has 166 valence electrons. The summed E-state index contributed by atoms with van der Waals surface area (Å²) in [7, 11) is 3.54.